The molecule has 0 bridgehead atoms. The first-order valence-corrected chi connectivity index (χ1v) is 8.88. The van der Waals surface area contributed by atoms with Crippen LogP contribution in [0.1, 0.15) is 29.9 Å². The Kier molecular flexibility index (Phi) is 4.60. The van der Waals surface area contributed by atoms with Crippen LogP contribution in [0.25, 0.3) is 0 Å². The molecule has 0 amide bonds. The highest BCUT2D eigenvalue weighted by Gasteiger charge is 2.21. The molecule has 1 unspecified atom stereocenters. The van der Waals surface area contributed by atoms with E-state index < -0.39 is 0 Å². The molecule has 1 N–H and O–H groups in total. The second-order valence-corrected chi connectivity index (χ2v) is 6.52. The Balaban J connectivity index is 1.33. The predicted molar refractivity (Wildman–Crippen MR) is 94.7 cm³/mol. The maximum atomic E-state index is 5.90. The predicted octanol–water partition coefficient (Wildman–Crippen LogP) is 2.39. The average molecular weight is 324 g/mol. The summed E-state index contributed by atoms with van der Waals surface area (Å²) in [5.74, 6) is 2.17. The monoisotopic (exact) mass is 324 g/mol. The molecule has 126 valence electrons. The number of nitrogens with zero attached hydrogens (tertiary/aromatic N) is 3. The maximum absolute atomic E-state index is 5.90. The number of hydrogen-bond donors (Lipinski definition) is 1. The van der Waals surface area contributed by atoms with Gasteiger partial charge in [0.2, 0.25) is 5.88 Å². The van der Waals surface area contributed by atoms with E-state index in [4.69, 9.17) is 4.74 Å². The number of nitrogens with one attached hydrogen (secondary N) is 1. The zero-order valence-electron chi connectivity index (χ0n) is 13.9. The molecular weight excluding hydrogens is 300 g/mol. The summed E-state index contributed by atoms with van der Waals surface area (Å²) in [5, 5.41) is 3.35. The quantitative estimate of drug-likeness (QED) is 0.915. The van der Waals surface area contributed by atoms with Crippen LogP contribution in [0.4, 0.5) is 5.82 Å². The van der Waals surface area contributed by atoms with Gasteiger partial charge < -0.3 is 15.0 Å². The van der Waals surface area contributed by atoms with Gasteiger partial charge in [-0.05, 0) is 36.3 Å². The highest BCUT2D eigenvalue weighted by Crippen LogP contribution is 2.35. The summed E-state index contributed by atoms with van der Waals surface area (Å²) in [6, 6.07) is 8.78. The van der Waals surface area contributed by atoms with Gasteiger partial charge in [0, 0.05) is 26.2 Å². The lowest BCUT2D eigenvalue weighted by Crippen LogP contribution is -2.43. The number of aryl methyl sites for hydroxylation is 1. The summed E-state index contributed by atoms with van der Waals surface area (Å²) in [4.78, 5) is 11.2. The van der Waals surface area contributed by atoms with Crippen LogP contribution in [0.3, 0.4) is 0 Å². The van der Waals surface area contributed by atoms with Crippen LogP contribution < -0.4 is 15.0 Å². The van der Waals surface area contributed by atoms with Crippen LogP contribution >= 0.6 is 0 Å². The van der Waals surface area contributed by atoms with Crippen molar-refractivity contribution in [2.24, 2.45) is 0 Å². The van der Waals surface area contributed by atoms with E-state index >= 15 is 0 Å². The zero-order chi connectivity index (χ0) is 16.2. The van der Waals surface area contributed by atoms with Crippen LogP contribution in [0.2, 0.25) is 0 Å². The number of anilines is 1. The van der Waals surface area contributed by atoms with Crippen molar-refractivity contribution in [3.8, 4) is 5.88 Å². The van der Waals surface area contributed by atoms with Crippen molar-refractivity contribution in [2.75, 3.05) is 37.7 Å². The second kappa shape index (κ2) is 7.18. The van der Waals surface area contributed by atoms with E-state index in [0.29, 0.717) is 18.4 Å². The normalized spacial score (nSPS) is 20.0. The molecule has 2 aliphatic rings. The van der Waals surface area contributed by atoms with Crippen molar-refractivity contribution < 1.29 is 4.74 Å². The molecule has 24 heavy (non-hydrogen) atoms. The summed E-state index contributed by atoms with van der Waals surface area (Å²) in [7, 11) is 0. The van der Waals surface area contributed by atoms with E-state index in [0.717, 1.165) is 38.4 Å². The number of piperazine rings is 1. The van der Waals surface area contributed by atoms with Gasteiger partial charge in [-0.1, -0.05) is 24.3 Å². The van der Waals surface area contributed by atoms with E-state index in [2.05, 4.69) is 44.5 Å². The summed E-state index contributed by atoms with van der Waals surface area (Å²) in [5.41, 5.74) is 3.00. The maximum Gasteiger partial charge on any atom is 0.234 e. The Hall–Kier alpha value is -2.14. The Labute approximate surface area is 143 Å². The zero-order valence-corrected chi connectivity index (χ0v) is 13.9. The minimum absolute atomic E-state index is 0.616. The minimum atomic E-state index is 0.616. The summed E-state index contributed by atoms with van der Waals surface area (Å²) >= 11 is 0. The molecule has 1 aliphatic heterocycles. The molecule has 5 heteroatoms. The van der Waals surface area contributed by atoms with Crippen LogP contribution in [0, 0.1) is 0 Å². The third-order valence-electron chi connectivity index (χ3n) is 5.01. The fourth-order valence-electron chi connectivity index (χ4n) is 3.71. The molecular formula is C19H24N4O. The van der Waals surface area contributed by atoms with Gasteiger partial charge in [0.25, 0.3) is 0 Å². The van der Waals surface area contributed by atoms with Gasteiger partial charge in [-0.15, -0.1) is 0 Å². The summed E-state index contributed by atoms with van der Waals surface area (Å²) < 4.78 is 5.90. The summed E-state index contributed by atoms with van der Waals surface area (Å²) in [6.07, 6.45) is 7.00. The van der Waals surface area contributed by atoms with E-state index in [1.165, 1.54) is 24.0 Å². The van der Waals surface area contributed by atoms with Gasteiger partial charge in [-0.3, -0.25) is 4.98 Å². The molecule has 2 heterocycles. The topological polar surface area (TPSA) is 50.3 Å². The lowest BCUT2D eigenvalue weighted by Gasteiger charge is -2.28. The van der Waals surface area contributed by atoms with Gasteiger partial charge in [0.05, 0.1) is 19.0 Å². The number of aromatic nitrogens is 2. The molecule has 2 aromatic rings. The van der Waals surface area contributed by atoms with Crippen LogP contribution in [0.5, 0.6) is 5.88 Å². The smallest absolute Gasteiger partial charge is 0.234 e. The van der Waals surface area contributed by atoms with Crippen LogP contribution in [-0.4, -0.2) is 42.8 Å². The third kappa shape index (κ3) is 3.36. The number of benzene rings is 1. The standard InChI is InChI=1S/C19H24N4O/c1-2-4-17-15(3-1)5-6-16(17)7-12-24-19-14-21-13-18(22-19)23-10-8-20-9-11-23/h1-4,13-14,16,20H,5-12H2. The van der Waals surface area contributed by atoms with Crippen LogP contribution in [-0.2, 0) is 6.42 Å². The first kappa shape index (κ1) is 15.4. The first-order valence-electron chi connectivity index (χ1n) is 8.88. The Morgan fingerprint density at radius 1 is 1.17 bits per heavy atom. The van der Waals surface area contributed by atoms with Gasteiger partial charge in [0.1, 0.15) is 0 Å². The molecule has 1 atom stereocenters. The van der Waals surface area contributed by atoms with E-state index in [1.807, 2.05) is 6.20 Å². The van der Waals surface area contributed by atoms with Crippen molar-refractivity contribution in [3.05, 3.63) is 47.8 Å². The summed E-state index contributed by atoms with van der Waals surface area (Å²) in [6.45, 7) is 4.62. The Morgan fingerprint density at radius 2 is 2.04 bits per heavy atom. The molecule has 0 spiro atoms. The Bertz CT molecular complexity index is 685. The molecule has 5 nitrogen and oxygen atoms in total. The molecule has 0 radical (unpaired) electrons. The highest BCUT2D eigenvalue weighted by molar-refractivity contribution is 5.38. The molecule has 1 saturated heterocycles. The van der Waals surface area contributed by atoms with Gasteiger partial charge >= 0.3 is 0 Å². The van der Waals surface area contributed by atoms with E-state index in [9.17, 15) is 0 Å². The van der Waals surface area contributed by atoms with Crippen LogP contribution in [0.15, 0.2) is 36.7 Å². The molecule has 4 rings (SSSR count). The lowest BCUT2D eigenvalue weighted by molar-refractivity contribution is 0.285. The van der Waals surface area contributed by atoms with E-state index in [-0.39, 0.29) is 0 Å². The van der Waals surface area contributed by atoms with Crippen molar-refractivity contribution in [1.82, 2.24) is 15.3 Å². The minimum Gasteiger partial charge on any atom is -0.477 e. The molecule has 1 aliphatic carbocycles. The molecule has 0 saturated carbocycles. The molecule has 1 fully saturated rings. The van der Waals surface area contributed by atoms with Crippen molar-refractivity contribution in [3.63, 3.8) is 0 Å². The van der Waals surface area contributed by atoms with Gasteiger partial charge in [-0.25, -0.2) is 0 Å². The fraction of sp³-hybridized carbons (Fsp3) is 0.474. The number of fused-ring (bicyclic) bond motifs is 1. The average Bonchev–Trinajstić information content (AvgIpc) is 3.06. The van der Waals surface area contributed by atoms with Gasteiger partial charge in [0.15, 0.2) is 5.82 Å². The fourth-order valence-corrected chi connectivity index (χ4v) is 3.71. The SMILES string of the molecule is c1ccc2c(c1)CCC2CCOc1cncc(N2CCNCC2)n1. The highest BCUT2D eigenvalue weighted by atomic mass is 16.5. The van der Waals surface area contributed by atoms with Crippen molar-refractivity contribution in [1.29, 1.82) is 0 Å². The lowest BCUT2D eigenvalue weighted by atomic mass is 9.98. The first-order chi connectivity index (χ1) is 11.9. The van der Waals surface area contributed by atoms with Crippen molar-refractivity contribution >= 4 is 5.82 Å². The van der Waals surface area contributed by atoms with E-state index in [1.54, 1.807) is 6.20 Å². The van der Waals surface area contributed by atoms with Gasteiger partial charge in [-0.2, -0.15) is 4.98 Å². The number of ether oxygens (including phenoxy) is 1. The van der Waals surface area contributed by atoms with Crippen molar-refractivity contribution in [2.45, 2.75) is 25.2 Å². The number of rotatable bonds is 5. The molecule has 1 aromatic carbocycles. The third-order valence-corrected chi connectivity index (χ3v) is 5.01. The number of hydrogen-bond acceptors (Lipinski definition) is 5. The second-order valence-electron chi connectivity index (χ2n) is 6.52. The largest absolute Gasteiger partial charge is 0.477 e. The Morgan fingerprint density at radius 3 is 2.96 bits per heavy atom. The molecule has 1 aromatic heterocycles.